The highest BCUT2D eigenvalue weighted by molar-refractivity contribution is 6.01. The minimum absolute atomic E-state index is 0.165. The van der Waals surface area contributed by atoms with Gasteiger partial charge in [0.1, 0.15) is 11.5 Å². The third-order valence-electron chi connectivity index (χ3n) is 2.75. The monoisotopic (exact) mass is 283 g/mol. The second-order valence-electron chi connectivity index (χ2n) is 4.37. The quantitative estimate of drug-likeness (QED) is 0.652. The molecule has 0 aromatic heterocycles. The van der Waals surface area contributed by atoms with Crippen LogP contribution in [0.5, 0.6) is 11.5 Å². The number of carbonyl (C=O) groups is 1. The van der Waals surface area contributed by atoms with Crippen LogP contribution in [0, 0.1) is 0 Å². The Morgan fingerprint density at radius 2 is 1.81 bits per heavy atom. The Kier molecular flexibility index (Phi) is 4.99. The van der Waals surface area contributed by atoms with Crippen molar-refractivity contribution in [2.45, 2.75) is 6.92 Å². The largest absolute Gasteiger partial charge is 0.508 e. The number of phenols is 1. The summed E-state index contributed by atoms with van der Waals surface area (Å²) in [6, 6.07) is 13.8. The van der Waals surface area contributed by atoms with Crippen molar-refractivity contribution in [3.05, 3.63) is 60.2 Å². The number of rotatable bonds is 5. The van der Waals surface area contributed by atoms with Gasteiger partial charge in [0.2, 0.25) is 5.91 Å². The second kappa shape index (κ2) is 7.14. The van der Waals surface area contributed by atoms with E-state index in [-0.39, 0.29) is 11.7 Å². The van der Waals surface area contributed by atoms with E-state index in [0.717, 1.165) is 11.3 Å². The van der Waals surface area contributed by atoms with Crippen LogP contribution in [0.1, 0.15) is 12.5 Å². The summed E-state index contributed by atoms with van der Waals surface area (Å²) in [5.74, 6) is 0.746. The maximum Gasteiger partial charge on any atom is 0.248 e. The molecule has 4 nitrogen and oxygen atoms in total. The van der Waals surface area contributed by atoms with Crippen LogP contribution in [0.25, 0.3) is 6.08 Å². The molecule has 4 heteroatoms. The molecule has 0 spiro atoms. The molecule has 0 radical (unpaired) electrons. The molecule has 0 saturated heterocycles. The van der Waals surface area contributed by atoms with Gasteiger partial charge in [-0.25, -0.2) is 0 Å². The van der Waals surface area contributed by atoms with Crippen LogP contribution < -0.4 is 10.1 Å². The molecule has 21 heavy (non-hydrogen) atoms. The van der Waals surface area contributed by atoms with E-state index in [4.69, 9.17) is 9.84 Å². The Balaban J connectivity index is 1.93. The number of aromatic hydroxyl groups is 1. The van der Waals surface area contributed by atoms with Gasteiger partial charge in [0, 0.05) is 11.8 Å². The fourth-order valence-electron chi connectivity index (χ4n) is 1.74. The highest BCUT2D eigenvalue weighted by Crippen LogP contribution is 2.15. The summed E-state index contributed by atoms with van der Waals surface area (Å²) < 4.78 is 5.35. The summed E-state index contributed by atoms with van der Waals surface area (Å²) in [5, 5.41) is 11.9. The molecule has 2 aromatic rings. The van der Waals surface area contributed by atoms with E-state index in [1.807, 2.05) is 31.2 Å². The van der Waals surface area contributed by atoms with Gasteiger partial charge in [-0.2, -0.15) is 0 Å². The van der Waals surface area contributed by atoms with Gasteiger partial charge in [0.25, 0.3) is 0 Å². The number of hydrogen-bond donors (Lipinski definition) is 2. The molecule has 0 heterocycles. The van der Waals surface area contributed by atoms with Crippen LogP contribution in [0.4, 0.5) is 5.69 Å². The van der Waals surface area contributed by atoms with Crippen molar-refractivity contribution in [1.82, 2.24) is 0 Å². The molecule has 2 rings (SSSR count). The number of ether oxygens (including phenoxy) is 1. The van der Waals surface area contributed by atoms with E-state index in [0.29, 0.717) is 12.3 Å². The summed E-state index contributed by atoms with van der Waals surface area (Å²) in [4.78, 5) is 11.8. The number of benzene rings is 2. The maximum absolute atomic E-state index is 11.8. The van der Waals surface area contributed by atoms with Crippen molar-refractivity contribution >= 4 is 17.7 Å². The first-order valence-electron chi connectivity index (χ1n) is 6.68. The van der Waals surface area contributed by atoms with E-state index >= 15 is 0 Å². The molecule has 1 amide bonds. The Morgan fingerprint density at radius 3 is 2.43 bits per heavy atom. The highest BCUT2D eigenvalue weighted by Gasteiger charge is 1.98. The van der Waals surface area contributed by atoms with Gasteiger partial charge in [-0.3, -0.25) is 4.79 Å². The first-order valence-corrected chi connectivity index (χ1v) is 6.68. The molecule has 0 atom stereocenters. The van der Waals surface area contributed by atoms with Crippen molar-refractivity contribution in [3.8, 4) is 11.5 Å². The van der Waals surface area contributed by atoms with Gasteiger partial charge >= 0.3 is 0 Å². The summed E-state index contributed by atoms with van der Waals surface area (Å²) in [6.07, 6.45) is 3.19. The fraction of sp³-hybridized carbons (Fsp3) is 0.118. The third kappa shape index (κ3) is 4.69. The van der Waals surface area contributed by atoms with Gasteiger partial charge in [-0.15, -0.1) is 0 Å². The molecule has 0 saturated carbocycles. The van der Waals surface area contributed by atoms with Crippen LogP contribution >= 0.6 is 0 Å². The Bertz CT molecular complexity index is 615. The third-order valence-corrected chi connectivity index (χ3v) is 2.75. The average Bonchev–Trinajstić information content (AvgIpc) is 2.49. The van der Waals surface area contributed by atoms with Crippen molar-refractivity contribution in [1.29, 1.82) is 0 Å². The molecule has 0 bridgehead atoms. The van der Waals surface area contributed by atoms with Crippen molar-refractivity contribution < 1.29 is 14.6 Å². The summed E-state index contributed by atoms with van der Waals surface area (Å²) >= 11 is 0. The van der Waals surface area contributed by atoms with E-state index in [1.165, 1.54) is 18.2 Å². The summed E-state index contributed by atoms with van der Waals surface area (Å²) in [5.41, 5.74) is 1.55. The fourth-order valence-corrected chi connectivity index (χ4v) is 1.74. The smallest absolute Gasteiger partial charge is 0.248 e. The molecule has 108 valence electrons. The Hall–Kier alpha value is -2.75. The zero-order valence-electron chi connectivity index (χ0n) is 11.7. The first kappa shape index (κ1) is 14.7. The molecule has 0 aliphatic carbocycles. The molecular weight excluding hydrogens is 266 g/mol. The van der Waals surface area contributed by atoms with Gasteiger partial charge in [0.15, 0.2) is 0 Å². The minimum Gasteiger partial charge on any atom is -0.508 e. The molecule has 2 N–H and O–H groups in total. The number of amides is 1. The van der Waals surface area contributed by atoms with Gasteiger partial charge < -0.3 is 15.2 Å². The molecule has 2 aromatic carbocycles. The lowest BCUT2D eigenvalue weighted by molar-refractivity contribution is -0.111. The lowest BCUT2D eigenvalue weighted by Crippen LogP contribution is -2.07. The predicted octanol–water partition coefficient (Wildman–Crippen LogP) is 3.44. The predicted molar refractivity (Wildman–Crippen MR) is 83.4 cm³/mol. The van der Waals surface area contributed by atoms with Crippen LogP contribution in [0.15, 0.2) is 54.6 Å². The molecule has 0 unspecified atom stereocenters. The van der Waals surface area contributed by atoms with Crippen molar-refractivity contribution in [2.24, 2.45) is 0 Å². The zero-order chi connectivity index (χ0) is 15.1. The number of anilines is 1. The molecular formula is C17H17NO3. The Morgan fingerprint density at radius 1 is 1.14 bits per heavy atom. The number of phenolic OH excluding ortho intramolecular Hbond substituents is 1. The average molecular weight is 283 g/mol. The summed E-state index contributed by atoms with van der Waals surface area (Å²) in [7, 11) is 0. The van der Waals surface area contributed by atoms with E-state index in [9.17, 15) is 4.79 Å². The Labute approximate surface area is 123 Å². The number of hydrogen-bond acceptors (Lipinski definition) is 3. The lowest BCUT2D eigenvalue weighted by Gasteiger charge is -2.03. The van der Waals surface area contributed by atoms with Crippen molar-refractivity contribution in [2.75, 3.05) is 11.9 Å². The van der Waals surface area contributed by atoms with E-state index in [2.05, 4.69) is 5.32 Å². The van der Waals surface area contributed by atoms with Gasteiger partial charge in [-0.1, -0.05) is 12.1 Å². The van der Waals surface area contributed by atoms with E-state index < -0.39 is 0 Å². The maximum atomic E-state index is 11.8. The summed E-state index contributed by atoms with van der Waals surface area (Å²) in [6.45, 7) is 2.56. The lowest BCUT2D eigenvalue weighted by atomic mass is 10.2. The first-order chi connectivity index (χ1) is 10.2. The molecule has 0 aliphatic rings. The van der Waals surface area contributed by atoms with Crippen LogP contribution in [-0.2, 0) is 4.79 Å². The zero-order valence-corrected chi connectivity index (χ0v) is 11.7. The second-order valence-corrected chi connectivity index (χ2v) is 4.37. The van der Waals surface area contributed by atoms with Gasteiger partial charge in [0.05, 0.1) is 6.61 Å². The molecule has 0 aliphatic heterocycles. The van der Waals surface area contributed by atoms with E-state index in [1.54, 1.807) is 18.2 Å². The number of nitrogens with one attached hydrogen (secondary N) is 1. The topological polar surface area (TPSA) is 58.6 Å². The van der Waals surface area contributed by atoms with Gasteiger partial charge in [-0.05, 0) is 55.0 Å². The van der Waals surface area contributed by atoms with Crippen LogP contribution in [0.2, 0.25) is 0 Å². The standard InChI is InChI=1S/C17H17NO3/c1-2-21-16-10-3-13(4-11-16)5-12-17(20)18-14-6-8-15(19)9-7-14/h3-12,19H,2H2,1H3,(H,18,20)/b12-5+. The normalized spacial score (nSPS) is 10.5. The number of carbonyl (C=O) groups excluding carboxylic acids is 1. The molecule has 0 fully saturated rings. The van der Waals surface area contributed by atoms with Crippen LogP contribution in [-0.4, -0.2) is 17.6 Å². The SMILES string of the molecule is CCOc1ccc(/C=C/C(=O)Nc2ccc(O)cc2)cc1. The highest BCUT2D eigenvalue weighted by atomic mass is 16.5. The van der Waals surface area contributed by atoms with Crippen molar-refractivity contribution in [3.63, 3.8) is 0 Å². The van der Waals surface area contributed by atoms with Crippen LogP contribution in [0.3, 0.4) is 0 Å². The minimum atomic E-state index is -0.227.